The predicted molar refractivity (Wildman–Crippen MR) is 115 cm³/mol. The van der Waals surface area contributed by atoms with Crippen LogP contribution in [0.4, 0.5) is 5.69 Å². The Kier molecular flexibility index (Phi) is 8.62. The first-order valence-electron chi connectivity index (χ1n) is 10.3. The Morgan fingerprint density at radius 1 is 1.03 bits per heavy atom. The Hall–Kier alpha value is -2.18. The van der Waals surface area contributed by atoms with Gasteiger partial charge in [0.1, 0.15) is 0 Å². The number of hydrogen-bond donors (Lipinski definition) is 1. The van der Waals surface area contributed by atoms with E-state index in [4.69, 9.17) is 4.74 Å². The van der Waals surface area contributed by atoms with Crippen molar-refractivity contribution in [2.45, 2.75) is 32.6 Å². The van der Waals surface area contributed by atoms with E-state index in [1.165, 1.54) is 12.7 Å². The highest BCUT2D eigenvalue weighted by Gasteiger charge is 2.39. The molecule has 5 nitrogen and oxygen atoms in total. The van der Waals surface area contributed by atoms with Gasteiger partial charge >= 0.3 is 5.97 Å². The van der Waals surface area contributed by atoms with Crippen LogP contribution < -0.4 is 22.3 Å². The summed E-state index contributed by atoms with van der Waals surface area (Å²) in [6.07, 6.45) is 2.05. The minimum Gasteiger partial charge on any atom is -1.00 e. The lowest BCUT2D eigenvalue weighted by atomic mass is 9.89. The van der Waals surface area contributed by atoms with Crippen molar-refractivity contribution in [3.8, 4) is 0 Å². The number of nitrogens with zero attached hydrogens (tertiary/aromatic N) is 1. The number of rotatable bonds is 6. The van der Waals surface area contributed by atoms with Crippen LogP contribution in [0.1, 0.15) is 35.4 Å². The van der Waals surface area contributed by atoms with E-state index < -0.39 is 0 Å². The lowest BCUT2D eigenvalue weighted by Gasteiger charge is -2.43. The first kappa shape index (κ1) is 24.1. The van der Waals surface area contributed by atoms with Crippen LogP contribution in [0.15, 0.2) is 48.5 Å². The van der Waals surface area contributed by atoms with Crippen LogP contribution in [-0.2, 0) is 14.3 Å². The first-order valence-corrected chi connectivity index (χ1v) is 10.3. The molecule has 1 saturated heterocycles. The van der Waals surface area contributed by atoms with Gasteiger partial charge in [0.25, 0.3) is 5.91 Å². The summed E-state index contributed by atoms with van der Waals surface area (Å²) < 4.78 is 5.40. The number of ether oxygens (including phenoxy) is 1. The maximum Gasteiger partial charge on any atom is 0.361 e. The fourth-order valence-corrected chi connectivity index (χ4v) is 4.50. The molecule has 30 heavy (non-hydrogen) atoms. The fourth-order valence-electron chi connectivity index (χ4n) is 4.50. The minimum atomic E-state index is -0.265. The number of aryl methyl sites for hydroxylation is 2. The van der Waals surface area contributed by atoms with E-state index in [2.05, 4.69) is 17.4 Å². The maximum absolute atomic E-state index is 13.0. The van der Waals surface area contributed by atoms with Crippen molar-refractivity contribution in [3.63, 3.8) is 0 Å². The van der Waals surface area contributed by atoms with E-state index in [0.717, 1.165) is 42.7 Å². The molecule has 1 aliphatic heterocycles. The minimum absolute atomic E-state index is 0. The van der Waals surface area contributed by atoms with Gasteiger partial charge in [-0.2, -0.15) is 0 Å². The fraction of sp³-hybridized carbons (Fsp3) is 0.417. The van der Waals surface area contributed by atoms with Crippen LogP contribution in [0.5, 0.6) is 0 Å². The lowest BCUT2D eigenvalue weighted by molar-refractivity contribution is -0.919. The second kappa shape index (κ2) is 10.7. The third-order valence-corrected chi connectivity index (χ3v) is 5.98. The molecule has 0 aromatic heterocycles. The van der Waals surface area contributed by atoms with Gasteiger partial charge in [0.15, 0.2) is 13.1 Å². The van der Waals surface area contributed by atoms with E-state index >= 15 is 0 Å². The Morgan fingerprint density at radius 3 is 2.33 bits per heavy atom. The summed E-state index contributed by atoms with van der Waals surface area (Å²) in [5, 5.41) is 3.09. The highest BCUT2D eigenvalue weighted by molar-refractivity contribution is 5.93. The molecule has 1 N–H and O–H groups in total. The Morgan fingerprint density at radius 2 is 1.70 bits per heavy atom. The summed E-state index contributed by atoms with van der Waals surface area (Å²) in [5.41, 5.74) is 4.22. The number of para-hydroxylation sites is 1. The van der Waals surface area contributed by atoms with Crippen LogP contribution in [0, 0.1) is 13.8 Å². The summed E-state index contributed by atoms with van der Waals surface area (Å²) in [6.45, 7) is 6.05. The zero-order chi connectivity index (χ0) is 20.9. The van der Waals surface area contributed by atoms with E-state index in [0.29, 0.717) is 10.4 Å². The van der Waals surface area contributed by atoms with Gasteiger partial charge in [0, 0.05) is 11.6 Å². The highest BCUT2D eigenvalue weighted by atomic mass is 79.9. The SMILES string of the molecule is COC(=O)C[N+]1(CC(=O)Nc2c(C)cccc2C)CCCC(c2ccccc2)C1.[Br-]. The smallest absolute Gasteiger partial charge is 0.361 e. The van der Waals surface area contributed by atoms with Crippen molar-refractivity contribution in [1.29, 1.82) is 0 Å². The average Bonchev–Trinajstić information content (AvgIpc) is 2.71. The number of anilines is 1. The largest absolute Gasteiger partial charge is 1.00 e. The number of carbonyl (C=O) groups excluding carboxylic acids is 2. The molecule has 2 aromatic carbocycles. The van der Waals surface area contributed by atoms with Gasteiger partial charge in [-0.25, -0.2) is 4.79 Å². The van der Waals surface area contributed by atoms with Gasteiger partial charge in [0.05, 0.1) is 20.2 Å². The van der Waals surface area contributed by atoms with Crippen LogP contribution in [-0.4, -0.2) is 49.6 Å². The molecular formula is C24H31BrN2O3. The number of quaternary nitrogens is 1. The third kappa shape index (κ3) is 5.92. The summed E-state index contributed by atoms with van der Waals surface area (Å²) in [4.78, 5) is 25.2. The number of methoxy groups -OCH3 is 1. The molecule has 6 heteroatoms. The number of piperidine rings is 1. The van der Waals surface area contributed by atoms with Crippen molar-refractivity contribution in [3.05, 3.63) is 65.2 Å². The first-order chi connectivity index (χ1) is 13.9. The maximum atomic E-state index is 13.0. The number of likely N-dealkylation sites (tertiary alicyclic amines) is 1. The van der Waals surface area contributed by atoms with E-state index in [1.807, 2.05) is 50.2 Å². The van der Waals surface area contributed by atoms with E-state index in [9.17, 15) is 9.59 Å². The predicted octanol–water partition coefficient (Wildman–Crippen LogP) is 0.813. The lowest BCUT2D eigenvalue weighted by Crippen LogP contribution is -3.00. The number of nitrogens with one attached hydrogen (secondary N) is 1. The van der Waals surface area contributed by atoms with Crippen LogP contribution in [0.2, 0.25) is 0 Å². The molecule has 0 spiro atoms. The number of benzene rings is 2. The number of carbonyl (C=O) groups is 2. The molecule has 2 atom stereocenters. The van der Waals surface area contributed by atoms with Crippen molar-refractivity contribution in [1.82, 2.24) is 0 Å². The quantitative estimate of drug-likeness (QED) is 0.497. The van der Waals surface area contributed by atoms with Crippen LogP contribution >= 0.6 is 0 Å². The molecule has 1 aliphatic rings. The molecule has 0 radical (unpaired) electrons. The highest BCUT2D eigenvalue weighted by Crippen LogP contribution is 2.31. The molecule has 0 aliphatic carbocycles. The summed E-state index contributed by atoms with van der Waals surface area (Å²) in [5.74, 6) is 0.0150. The Labute approximate surface area is 189 Å². The molecule has 1 amide bonds. The molecule has 162 valence electrons. The van der Waals surface area contributed by atoms with E-state index in [-0.39, 0.29) is 41.9 Å². The molecule has 1 heterocycles. The number of hydrogen-bond acceptors (Lipinski definition) is 3. The topological polar surface area (TPSA) is 55.4 Å². The molecule has 0 bridgehead atoms. The summed E-state index contributed by atoms with van der Waals surface area (Å²) in [7, 11) is 1.41. The second-order valence-electron chi connectivity index (χ2n) is 8.21. The Bertz CT molecular complexity index is 852. The summed E-state index contributed by atoms with van der Waals surface area (Å²) >= 11 is 0. The van der Waals surface area contributed by atoms with Gasteiger partial charge < -0.3 is 31.5 Å². The van der Waals surface area contributed by atoms with Crippen molar-refractivity contribution in [2.24, 2.45) is 0 Å². The number of halogens is 1. The molecular weight excluding hydrogens is 444 g/mol. The van der Waals surface area contributed by atoms with Gasteiger partial charge in [-0.15, -0.1) is 0 Å². The second-order valence-corrected chi connectivity index (χ2v) is 8.21. The normalized spacial score (nSPS) is 20.7. The number of amides is 1. The third-order valence-electron chi connectivity index (χ3n) is 5.98. The van der Waals surface area contributed by atoms with Gasteiger partial charge in [-0.05, 0) is 43.4 Å². The monoisotopic (exact) mass is 474 g/mol. The van der Waals surface area contributed by atoms with Crippen LogP contribution in [0.3, 0.4) is 0 Å². The van der Waals surface area contributed by atoms with Crippen molar-refractivity contribution in [2.75, 3.05) is 38.6 Å². The number of esters is 1. The molecule has 2 aromatic rings. The standard InChI is InChI=1S/C24H30N2O3.BrH/c1-18-9-7-10-19(2)24(18)25-22(27)16-26(17-23(28)29-3)14-8-13-21(15-26)20-11-5-4-6-12-20;/h4-7,9-12,21H,8,13-17H2,1-3H3;1H. The van der Waals surface area contributed by atoms with Crippen molar-refractivity contribution < 1.29 is 35.8 Å². The molecule has 3 rings (SSSR count). The zero-order valence-electron chi connectivity index (χ0n) is 18.0. The average molecular weight is 475 g/mol. The summed E-state index contributed by atoms with van der Waals surface area (Å²) in [6, 6.07) is 16.4. The van der Waals surface area contributed by atoms with E-state index in [1.54, 1.807) is 0 Å². The van der Waals surface area contributed by atoms with Gasteiger partial charge in [0.2, 0.25) is 0 Å². The van der Waals surface area contributed by atoms with Gasteiger partial charge in [-0.1, -0.05) is 48.5 Å². The van der Waals surface area contributed by atoms with Crippen LogP contribution in [0.25, 0.3) is 0 Å². The van der Waals surface area contributed by atoms with Gasteiger partial charge in [-0.3, -0.25) is 4.79 Å². The molecule has 1 fully saturated rings. The molecule has 2 unspecified atom stereocenters. The molecule has 0 saturated carbocycles. The van der Waals surface area contributed by atoms with Crippen molar-refractivity contribution >= 4 is 17.6 Å². The zero-order valence-corrected chi connectivity index (χ0v) is 19.6. The Balaban J connectivity index is 0.00000320.